The molecule has 2 aromatic carbocycles. The number of hydrogen-bond donors (Lipinski definition) is 1. The van der Waals surface area contributed by atoms with E-state index in [1.54, 1.807) is 12.1 Å². The molecule has 3 aromatic rings. The molecule has 4 nitrogen and oxygen atoms in total. The number of nitrogens with one attached hydrogen (secondary N) is 1. The minimum Gasteiger partial charge on any atom is -0.486 e. The number of amides is 1. The molecule has 0 aliphatic rings. The fraction of sp³-hybridized carbons (Fsp3) is 0.273. The number of benzene rings is 2. The summed E-state index contributed by atoms with van der Waals surface area (Å²) >= 11 is 7.24. The minimum absolute atomic E-state index is 0.135. The Bertz CT molecular complexity index is 981. The highest BCUT2D eigenvalue weighted by Crippen LogP contribution is 2.29. The summed E-state index contributed by atoms with van der Waals surface area (Å²) in [5.41, 5.74) is 3.76. The predicted octanol–water partition coefficient (Wildman–Crippen LogP) is 6.37. The van der Waals surface area contributed by atoms with Crippen LogP contribution in [0, 0.1) is 13.8 Å². The number of anilines is 1. The molecule has 28 heavy (non-hydrogen) atoms. The van der Waals surface area contributed by atoms with Gasteiger partial charge in [-0.2, -0.15) is 0 Å². The van der Waals surface area contributed by atoms with Crippen LogP contribution in [0.5, 0.6) is 5.75 Å². The SMILES string of the molecule is Cc1cccc(C(C)C)c1NC(=O)c1sc(COc2ccc(Cl)cc2)nc1C. The minimum atomic E-state index is -0.135. The second kappa shape index (κ2) is 8.76. The molecule has 1 aromatic heterocycles. The highest BCUT2D eigenvalue weighted by Gasteiger charge is 2.18. The van der Waals surface area contributed by atoms with Crippen LogP contribution in [0.25, 0.3) is 0 Å². The molecule has 3 rings (SSSR count). The standard InChI is InChI=1S/C22H23ClN2O2S/c1-13(2)18-7-5-6-14(3)20(18)25-22(26)21-15(4)24-19(28-21)12-27-17-10-8-16(23)9-11-17/h5-11,13H,12H2,1-4H3,(H,25,26). The first kappa shape index (κ1) is 20.4. The van der Waals surface area contributed by atoms with E-state index in [1.165, 1.54) is 11.3 Å². The van der Waals surface area contributed by atoms with Gasteiger partial charge in [0.1, 0.15) is 22.2 Å². The molecule has 0 saturated carbocycles. The molecule has 0 aliphatic heterocycles. The third-order valence-corrected chi connectivity index (χ3v) is 5.77. The molecule has 6 heteroatoms. The lowest BCUT2D eigenvalue weighted by atomic mass is 9.98. The maximum Gasteiger partial charge on any atom is 0.267 e. The molecule has 1 amide bonds. The van der Waals surface area contributed by atoms with Gasteiger partial charge in [-0.15, -0.1) is 11.3 Å². The van der Waals surface area contributed by atoms with Crippen molar-refractivity contribution in [3.8, 4) is 5.75 Å². The van der Waals surface area contributed by atoms with Gasteiger partial charge in [-0.3, -0.25) is 4.79 Å². The van der Waals surface area contributed by atoms with Gasteiger partial charge in [-0.1, -0.05) is 43.6 Å². The van der Waals surface area contributed by atoms with Crippen molar-refractivity contribution in [3.63, 3.8) is 0 Å². The maximum absolute atomic E-state index is 12.9. The highest BCUT2D eigenvalue weighted by atomic mass is 35.5. The Morgan fingerprint density at radius 1 is 1.18 bits per heavy atom. The van der Waals surface area contributed by atoms with Crippen LogP contribution in [0.1, 0.15) is 51.3 Å². The van der Waals surface area contributed by atoms with E-state index in [0.717, 1.165) is 21.8 Å². The molecule has 1 heterocycles. The Hall–Kier alpha value is -2.37. The number of carbonyl (C=O) groups excluding carboxylic acids is 1. The second-order valence-corrected chi connectivity index (χ2v) is 8.43. The number of para-hydroxylation sites is 1. The zero-order valence-electron chi connectivity index (χ0n) is 16.4. The van der Waals surface area contributed by atoms with Crippen molar-refractivity contribution in [2.75, 3.05) is 5.32 Å². The van der Waals surface area contributed by atoms with Crippen LogP contribution >= 0.6 is 22.9 Å². The summed E-state index contributed by atoms with van der Waals surface area (Å²) < 4.78 is 5.74. The molecule has 0 fully saturated rings. The number of rotatable bonds is 6. The molecular weight excluding hydrogens is 392 g/mol. The van der Waals surface area contributed by atoms with Crippen LogP contribution in [0.4, 0.5) is 5.69 Å². The monoisotopic (exact) mass is 414 g/mol. The van der Waals surface area contributed by atoms with Crippen LogP contribution in [-0.4, -0.2) is 10.9 Å². The molecular formula is C22H23ClN2O2S. The van der Waals surface area contributed by atoms with Crippen LogP contribution < -0.4 is 10.1 Å². The van der Waals surface area contributed by atoms with Crippen molar-refractivity contribution < 1.29 is 9.53 Å². The molecule has 0 radical (unpaired) electrons. The van der Waals surface area contributed by atoms with E-state index < -0.39 is 0 Å². The predicted molar refractivity (Wildman–Crippen MR) is 116 cm³/mol. The largest absolute Gasteiger partial charge is 0.486 e. The number of halogens is 1. The molecule has 1 N–H and O–H groups in total. The number of nitrogens with zero attached hydrogens (tertiary/aromatic N) is 1. The first-order chi connectivity index (χ1) is 13.3. The Morgan fingerprint density at radius 3 is 2.57 bits per heavy atom. The fourth-order valence-electron chi connectivity index (χ4n) is 2.91. The lowest BCUT2D eigenvalue weighted by Crippen LogP contribution is -2.14. The van der Waals surface area contributed by atoms with E-state index in [-0.39, 0.29) is 5.91 Å². The first-order valence-corrected chi connectivity index (χ1v) is 10.3. The normalized spacial score (nSPS) is 10.9. The lowest BCUT2D eigenvalue weighted by molar-refractivity contribution is 0.102. The van der Waals surface area contributed by atoms with Crippen LogP contribution in [0.15, 0.2) is 42.5 Å². The molecule has 0 aliphatic carbocycles. The van der Waals surface area contributed by atoms with Crippen molar-refractivity contribution in [2.24, 2.45) is 0 Å². The van der Waals surface area contributed by atoms with Gasteiger partial charge < -0.3 is 10.1 Å². The van der Waals surface area contributed by atoms with E-state index >= 15 is 0 Å². The van der Waals surface area contributed by atoms with Crippen molar-refractivity contribution in [2.45, 2.75) is 40.2 Å². The van der Waals surface area contributed by atoms with Crippen LogP contribution in [0.2, 0.25) is 5.02 Å². The summed E-state index contributed by atoms with van der Waals surface area (Å²) in [6.07, 6.45) is 0. The molecule has 0 atom stereocenters. The van der Waals surface area contributed by atoms with Gasteiger partial charge in [-0.25, -0.2) is 4.98 Å². The second-order valence-electron chi connectivity index (χ2n) is 6.91. The molecule has 0 saturated heterocycles. The van der Waals surface area contributed by atoms with Crippen molar-refractivity contribution in [1.29, 1.82) is 0 Å². The lowest BCUT2D eigenvalue weighted by Gasteiger charge is -2.16. The smallest absolute Gasteiger partial charge is 0.267 e. The summed E-state index contributed by atoms with van der Waals surface area (Å²) in [6.45, 7) is 8.40. The van der Waals surface area contributed by atoms with Crippen LogP contribution in [-0.2, 0) is 6.61 Å². The van der Waals surface area contributed by atoms with Crippen molar-refractivity contribution in [1.82, 2.24) is 4.98 Å². The number of ether oxygens (including phenoxy) is 1. The average Bonchev–Trinajstić information content (AvgIpc) is 3.03. The number of aromatic nitrogens is 1. The quantitative estimate of drug-likeness (QED) is 0.510. The molecule has 146 valence electrons. The Kier molecular flexibility index (Phi) is 6.37. The topological polar surface area (TPSA) is 51.2 Å². The Balaban J connectivity index is 1.74. The van der Waals surface area contributed by atoms with Gasteiger partial charge >= 0.3 is 0 Å². The summed E-state index contributed by atoms with van der Waals surface area (Å²) in [4.78, 5) is 18.0. The van der Waals surface area contributed by atoms with Gasteiger partial charge in [0.05, 0.1) is 5.69 Å². The van der Waals surface area contributed by atoms with Crippen molar-refractivity contribution >= 4 is 34.5 Å². The molecule has 0 bridgehead atoms. The van der Waals surface area contributed by atoms with E-state index in [2.05, 4.69) is 30.2 Å². The van der Waals surface area contributed by atoms with E-state index in [9.17, 15) is 4.79 Å². The third-order valence-electron chi connectivity index (χ3n) is 4.39. The van der Waals surface area contributed by atoms with E-state index in [1.807, 2.05) is 38.1 Å². The first-order valence-electron chi connectivity index (χ1n) is 9.10. The van der Waals surface area contributed by atoms with E-state index in [0.29, 0.717) is 33.9 Å². The third kappa shape index (κ3) is 4.72. The van der Waals surface area contributed by atoms with E-state index in [4.69, 9.17) is 16.3 Å². The number of hydrogen-bond acceptors (Lipinski definition) is 4. The fourth-order valence-corrected chi connectivity index (χ4v) is 3.91. The maximum atomic E-state index is 12.9. The Morgan fingerprint density at radius 2 is 1.89 bits per heavy atom. The highest BCUT2D eigenvalue weighted by molar-refractivity contribution is 7.13. The van der Waals surface area contributed by atoms with Gasteiger partial charge in [0.25, 0.3) is 5.91 Å². The number of aryl methyl sites for hydroxylation is 2. The van der Waals surface area contributed by atoms with Gasteiger partial charge in [0.15, 0.2) is 0 Å². The van der Waals surface area contributed by atoms with Gasteiger partial charge in [0, 0.05) is 10.7 Å². The zero-order valence-corrected chi connectivity index (χ0v) is 17.9. The zero-order chi connectivity index (χ0) is 20.3. The summed E-state index contributed by atoms with van der Waals surface area (Å²) in [5.74, 6) is 0.898. The summed E-state index contributed by atoms with van der Waals surface area (Å²) in [7, 11) is 0. The average molecular weight is 415 g/mol. The van der Waals surface area contributed by atoms with Gasteiger partial charge in [-0.05, 0) is 55.2 Å². The van der Waals surface area contributed by atoms with Crippen molar-refractivity contribution in [3.05, 3.63) is 74.2 Å². The Labute approximate surface area is 174 Å². The number of thiazole rings is 1. The van der Waals surface area contributed by atoms with Crippen LogP contribution in [0.3, 0.4) is 0 Å². The van der Waals surface area contributed by atoms with Gasteiger partial charge in [0.2, 0.25) is 0 Å². The summed E-state index contributed by atoms with van der Waals surface area (Å²) in [5, 5.41) is 4.50. The molecule has 0 unspecified atom stereocenters. The summed E-state index contributed by atoms with van der Waals surface area (Å²) in [6, 6.07) is 13.2. The molecule has 0 spiro atoms. The number of carbonyl (C=O) groups is 1.